The van der Waals surface area contributed by atoms with E-state index >= 15 is 0 Å². The highest BCUT2D eigenvalue weighted by atomic mass is 32.2. The van der Waals surface area contributed by atoms with E-state index in [0.717, 1.165) is 25.7 Å². The molecule has 0 heterocycles. The van der Waals surface area contributed by atoms with Gasteiger partial charge in [-0.05, 0) is 44.0 Å². The van der Waals surface area contributed by atoms with Crippen molar-refractivity contribution >= 4 is 10.0 Å². The van der Waals surface area contributed by atoms with Gasteiger partial charge in [0.2, 0.25) is 10.0 Å². The predicted molar refractivity (Wildman–Crippen MR) is 87.0 cm³/mol. The Balaban J connectivity index is 1.92. The van der Waals surface area contributed by atoms with Crippen LogP contribution in [-0.4, -0.2) is 33.2 Å². The molecule has 25 heavy (non-hydrogen) atoms. The van der Waals surface area contributed by atoms with Crippen molar-refractivity contribution < 1.29 is 31.1 Å². The molecule has 0 saturated heterocycles. The number of benzene rings is 1. The molecular weight excluding hydrogens is 359 g/mol. The Hall–Kier alpha value is -1.48. The van der Waals surface area contributed by atoms with E-state index in [1.54, 1.807) is 6.92 Å². The first-order valence-electron chi connectivity index (χ1n) is 8.17. The molecule has 1 saturated carbocycles. The van der Waals surface area contributed by atoms with E-state index in [0.29, 0.717) is 12.4 Å². The van der Waals surface area contributed by atoms with Crippen molar-refractivity contribution in [1.82, 2.24) is 4.72 Å². The summed E-state index contributed by atoms with van der Waals surface area (Å²) < 4.78 is 72.1. The third-order valence-electron chi connectivity index (χ3n) is 4.14. The topological polar surface area (TPSA) is 64.6 Å². The fourth-order valence-electron chi connectivity index (χ4n) is 2.82. The Kier molecular flexibility index (Phi) is 6.56. The van der Waals surface area contributed by atoms with Crippen LogP contribution in [0.4, 0.5) is 13.2 Å². The lowest BCUT2D eigenvalue weighted by Crippen LogP contribution is -2.44. The Morgan fingerprint density at radius 3 is 2.32 bits per heavy atom. The Morgan fingerprint density at radius 1 is 1.12 bits per heavy atom. The van der Waals surface area contributed by atoms with Crippen LogP contribution in [0.2, 0.25) is 0 Å². The maximum atomic E-state index is 12.1. The summed E-state index contributed by atoms with van der Waals surface area (Å²) in [6, 6.07) is 4.98. The van der Waals surface area contributed by atoms with Crippen molar-refractivity contribution in [2.24, 2.45) is 5.92 Å². The molecular formula is C16H22F3NO4S. The second-order valence-corrected chi connectivity index (χ2v) is 8.05. The summed E-state index contributed by atoms with van der Waals surface area (Å²) in [5.41, 5.74) is 0. The van der Waals surface area contributed by atoms with E-state index in [1.807, 2.05) is 0 Å². The van der Waals surface area contributed by atoms with Gasteiger partial charge in [0.1, 0.15) is 11.5 Å². The zero-order valence-electron chi connectivity index (χ0n) is 13.9. The first-order valence-corrected chi connectivity index (χ1v) is 9.82. The van der Waals surface area contributed by atoms with Gasteiger partial charge in [-0.25, -0.2) is 13.1 Å². The number of alkyl halides is 3. The number of hydrogen-bond donors (Lipinski definition) is 1. The molecule has 1 N–H and O–H groups in total. The van der Waals surface area contributed by atoms with Gasteiger partial charge < -0.3 is 9.47 Å². The van der Waals surface area contributed by atoms with E-state index in [1.165, 1.54) is 24.3 Å². The maximum Gasteiger partial charge on any atom is 0.573 e. The Labute approximate surface area is 145 Å². The molecule has 0 bridgehead atoms. The Bertz CT molecular complexity index is 646. The molecule has 0 radical (unpaired) electrons. The van der Waals surface area contributed by atoms with Gasteiger partial charge in [0.05, 0.1) is 12.4 Å². The van der Waals surface area contributed by atoms with Crippen LogP contribution in [0.3, 0.4) is 0 Å². The number of hydrogen-bond acceptors (Lipinski definition) is 4. The lowest BCUT2D eigenvalue weighted by molar-refractivity contribution is -0.274. The second kappa shape index (κ2) is 8.27. The zero-order chi connectivity index (χ0) is 18.5. The molecule has 2 rings (SSSR count). The van der Waals surface area contributed by atoms with Gasteiger partial charge in [-0.1, -0.05) is 12.8 Å². The largest absolute Gasteiger partial charge is 0.573 e. The van der Waals surface area contributed by atoms with E-state index in [4.69, 9.17) is 4.74 Å². The minimum absolute atomic E-state index is 0.0255. The summed E-state index contributed by atoms with van der Waals surface area (Å²) in [6.45, 7) is 1.89. The number of sulfonamides is 1. The van der Waals surface area contributed by atoms with Gasteiger partial charge in [0.25, 0.3) is 0 Å². The molecule has 1 aliphatic rings. The number of ether oxygens (including phenoxy) is 2. The SMILES string of the molecule is CCS(=O)(=O)NC1CCCCC1COc1ccc(OC(F)(F)F)cc1. The third-order valence-corrected chi connectivity index (χ3v) is 5.56. The Morgan fingerprint density at radius 2 is 1.72 bits per heavy atom. The molecule has 142 valence electrons. The van der Waals surface area contributed by atoms with Crippen LogP contribution < -0.4 is 14.2 Å². The van der Waals surface area contributed by atoms with Crippen molar-refractivity contribution in [3.63, 3.8) is 0 Å². The first kappa shape index (κ1) is 19.8. The highest BCUT2D eigenvalue weighted by molar-refractivity contribution is 7.89. The van der Waals surface area contributed by atoms with E-state index < -0.39 is 16.4 Å². The minimum atomic E-state index is -4.73. The van der Waals surface area contributed by atoms with Gasteiger partial charge in [0, 0.05) is 12.0 Å². The van der Waals surface area contributed by atoms with Gasteiger partial charge in [-0.15, -0.1) is 13.2 Å². The lowest BCUT2D eigenvalue weighted by Gasteiger charge is -2.31. The van der Waals surface area contributed by atoms with Crippen LogP contribution in [0, 0.1) is 5.92 Å². The molecule has 1 aromatic rings. The van der Waals surface area contributed by atoms with Crippen molar-refractivity contribution in [3.8, 4) is 11.5 Å². The maximum absolute atomic E-state index is 12.1. The van der Waals surface area contributed by atoms with Crippen molar-refractivity contribution in [2.75, 3.05) is 12.4 Å². The molecule has 1 fully saturated rings. The zero-order valence-corrected chi connectivity index (χ0v) is 14.7. The molecule has 0 aromatic heterocycles. The number of halogens is 3. The van der Waals surface area contributed by atoms with Crippen molar-refractivity contribution in [3.05, 3.63) is 24.3 Å². The molecule has 1 aromatic carbocycles. The molecule has 0 spiro atoms. The smallest absolute Gasteiger partial charge is 0.493 e. The average Bonchev–Trinajstić information content (AvgIpc) is 2.54. The van der Waals surface area contributed by atoms with E-state index in [2.05, 4.69) is 9.46 Å². The lowest BCUT2D eigenvalue weighted by atomic mass is 9.86. The molecule has 5 nitrogen and oxygen atoms in total. The van der Waals surface area contributed by atoms with Gasteiger partial charge in [0.15, 0.2) is 0 Å². The monoisotopic (exact) mass is 381 g/mol. The van der Waals surface area contributed by atoms with Gasteiger partial charge in [-0.2, -0.15) is 0 Å². The summed E-state index contributed by atoms with van der Waals surface area (Å²) in [5.74, 6) is 0.155. The normalized spacial score (nSPS) is 21.8. The molecule has 2 unspecified atom stereocenters. The van der Waals surface area contributed by atoms with Crippen LogP contribution in [0.1, 0.15) is 32.6 Å². The van der Waals surface area contributed by atoms with Crippen LogP contribution >= 0.6 is 0 Å². The van der Waals surface area contributed by atoms with Gasteiger partial charge in [-0.3, -0.25) is 0 Å². The van der Waals surface area contributed by atoms with Crippen LogP contribution in [0.25, 0.3) is 0 Å². The fourth-order valence-corrected chi connectivity index (χ4v) is 3.76. The standard InChI is InChI=1S/C16H22F3NO4S/c1-2-25(21,22)20-15-6-4-3-5-12(15)11-23-13-7-9-14(10-8-13)24-16(17,18)19/h7-10,12,15,20H,2-6,11H2,1H3. The third kappa shape index (κ3) is 6.74. The molecule has 0 aliphatic heterocycles. The summed E-state index contributed by atoms with van der Waals surface area (Å²) >= 11 is 0. The van der Waals surface area contributed by atoms with Crippen LogP contribution in [0.15, 0.2) is 24.3 Å². The molecule has 9 heteroatoms. The van der Waals surface area contributed by atoms with Gasteiger partial charge >= 0.3 is 6.36 Å². The highest BCUT2D eigenvalue weighted by Crippen LogP contribution is 2.28. The quantitative estimate of drug-likeness (QED) is 0.786. The number of rotatable bonds is 7. The van der Waals surface area contributed by atoms with Crippen molar-refractivity contribution in [2.45, 2.75) is 45.0 Å². The summed E-state index contributed by atoms with van der Waals surface area (Å²) in [5, 5.41) is 0. The minimum Gasteiger partial charge on any atom is -0.493 e. The summed E-state index contributed by atoms with van der Waals surface area (Å²) in [6.07, 6.45) is -1.18. The molecule has 0 amide bonds. The highest BCUT2D eigenvalue weighted by Gasteiger charge is 2.31. The number of nitrogens with one attached hydrogen (secondary N) is 1. The average molecular weight is 381 g/mol. The molecule has 1 aliphatic carbocycles. The fraction of sp³-hybridized carbons (Fsp3) is 0.625. The van der Waals surface area contributed by atoms with E-state index in [-0.39, 0.29) is 23.5 Å². The summed E-state index contributed by atoms with van der Waals surface area (Å²) in [7, 11) is -3.29. The molecule has 2 atom stereocenters. The predicted octanol–water partition coefficient (Wildman–Crippen LogP) is 3.46. The first-order chi connectivity index (χ1) is 11.7. The summed E-state index contributed by atoms with van der Waals surface area (Å²) in [4.78, 5) is 0. The second-order valence-electron chi connectivity index (χ2n) is 6.00. The van der Waals surface area contributed by atoms with E-state index in [9.17, 15) is 21.6 Å². The van der Waals surface area contributed by atoms with Crippen LogP contribution in [-0.2, 0) is 10.0 Å². The van der Waals surface area contributed by atoms with Crippen molar-refractivity contribution in [1.29, 1.82) is 0 Å². The van der Waals surface area contributed by atoms with Crippen LogP contribution in [0.5, 0.6) is 11.5 Å².